The quantitative estimate of drug-likeness (QED) is 0.435. The first kappa shape index (κ1) is 22.5. The summed E-state index contributed by atoms with van der Waals surface area (Å²) in [6.07, 6.45) is -0.809. The van der Waals surface area contributed by atoms with Gasteiger partial charge in [-0.25, -0.2) is 4.98 Å². The Morgan fingerprint density at radius 3 is 2.48 bits per heavy atom. The van der Waals surface area contributed by atoms with Gasteiger partial charge in [0.05, 0.1) is 6.33 Å². The van der Waals surface area contributed by atoms with Gasteiger partial charge in [-0.1, -0.05) is 54.1 Å². The van der Waals surface area contributed by atoms with Gasteiger partial charge in [0.25, 0.3) is 11.8 Å². The van der Waals surface area contributed by atoms with Crippen LogP contribution in [0.25, 0.3) is 0 Å². The second-order valence-corrected chi connectivity index (χ2v) is 8.03. The van der Waals surface area contributed by atoms with E-state index >= 15 is 0 Å². The Morgan fingerprint density at radius 2 is 1.82 bits per heavy atom. The molecule has 3 aromatic rings. The second-order valence-electron chi connectivity index (χ2n) is 8.03. The van der Waals surface area contributed by atoms with Gasteiger partial charge in [-0.3, -0.25) is 9.59 Å². The molecule has 0 spiro atoms. The highest BCUT2D eigenvalue weighted by atomic mass is 16.3. The first-order valence-electron chi connectivity index (χ1n) is 10.8. The van der Waals surface area contributed by atoms with Crippen LogP contribution < -0.4 is 15.5 Å². The highest BCUT2D eigenvalue weighted by molar-refractivity contribution is 5.99. The van der Waals surface area contributed by atoms with Crippen LogP contribution in [0.15, 0.2) is 54.9 Å². The largest absolute Gasteiger partial charge is 0.378 e. The number of aryl methyl sites for hydroxylation is 2. The van der Waals surface area contributed by atoms with Crippen LogP contribution in [0.2, 0.25) is 0 Å². The number of hydrogen-bond acceptors (Lipinski definition) is 6. The maximum atomic E-state index is 12.3. The lowest BCUT2D eigenvalue weighted by molar-refractivity contribution is -0.129. The molecular weight excluding hydrogens is 422 g/mol. The molecule has 2 amide bonds. The molecule has 0 aliphatic carbocycles. The summed E-state index contributed by atoms with van der Waals surface area (Å²) in [4.78, 5) is 30.5. The van der Waals surface area contributed by atoms with Crippen molar-refractivity contribution in [2.24, 2.45) is 0 Å². The molecule has 1 unspecified atom stereocenters. The molecule has 1 aliphatic rings. The molecule has 172 valence electrons. The number of nitrogens with zero attached hydrogens (tertiary/aromatic N) is 3. The Kier molecular flexibility index (Phi) is 6.43. The number of rotatable bonds is 7. The lowest BCUT2D eigenvalue weighted by Gasteiger charge is -2.33. The van der Waals surface area contributed by atoms with Crippen LogP contribution in [0.4, 0.5) is 5.82 Å². The van der Waals surface area contributed by atoms with Gasteiger partial charge in [0.1, 0.15) is 0 Å². The van der Waals surface area contributed by atoms with Gasteiger partial charge < -0.3 is 30.3 Å². The SMILES string of the molecule is CCn1cnc2c1C(=O)NC(O)N2Cc1ccc(CNC(=O)[C@H](O)c2ccc(C)cc2)cc1. The van der Waals surface area contributed by atoms with Crippen molar-refractivity contribution in [2.45, 2.75) is 45.9 Å². The Labute approximate surface area is 191 Å². The lowest BCUT2D eigenvalue weighted by Crippen LogP contribution is -2.53. The van der Waals surface area contributed by atoms with Crippen LogP contribution in [-0.4, -0.2) is 37.9 Å². The molecule has 9 heteroatoms. The summed E-state index contributed by atoms with van der Waals surface area (Å²) in [5.74, 6) is -0.379. The van der Waals surface area contributed by atoms with Gasteiger partial charge in [-0.15, -0.1) is 0 Å². The maximum absolute atomic E-state index is 12.3. The third kappa shape index (κ3) is 4.74. The number of aromatic nitrogens is 2. The van der Waals surface area contributed by atoms with Crippen LogP contribution in [-0.2, 0) is 24.4 Å². The molecule has 0 fully saturated rings. The molecule has 1 aliphatic heterocycles. The van der Waals surface area contributed by atoms with Gasteiger partial charge in [0.2, 0.25) is 6.35 Å². The zero-order valence-electron chi connectivity index (χ0n) is 18.5. The molecule has 4 rings (SSSR count). The number of anilines is 1. The van der Waals surface area contributed by atoms with Crippen molar-refractivity contribution in [3.63, 3.8) is 0 Å². The van der Waals surface area contributed by atoms with Gasteiger partial charge in [-0.05, 0) is 30.5 Å². The van der Waals surface area contributed by atoms with Gasteiger partial charge >= 0.3 is 0 Å². The van der Waals surface area contributed by atoms with E-state index in [0.717, 1.165) is 16.7 Å². The van der Waals surface area contributed by atoms with Crippen molar-refractivity contribution in [2.75, 3.05) is 4.90 Å². The van der Waals surface area contributed by atoms with Crippen LogP contribution in [0, 0.1) is 6.92 Å². The molecule has 0 radical (unpaired) electrons. The number of aliphatic hydroxyl groups is 2. The summed E-state index contributed by atoms with van der Waals surface area (Å²) in [6.45, 7) is 5.07. The number of carbonyl (C=O) groups is 2. The molecule has 0 saturated heterocycles. The first-order valence-corrected chi connectivity index (χ1v) is 10.8. The summed E-state index contributed by atoms with van der Waals surface area (Å²) in [6, 6.07) is 14.7. The molecule has 9 nitrogen and oxygen atoms in total. The Morgan fingerprint density at radius 1 is 1.15 bits per heavy atom. The van der Waals surface area contributed by atoms with Gasteiger partial charge in [0, 0.05) is 19.6 Å². The Hall–Kier alpha value is -3.69. The zero-order valence-corrected chi connectivity index (χ0v) is 18.5. The molecule has 0 bridgehead atoms. The smallest absolute Gasteiger partial charge is 0.275 e. The topological polar surface area (TPSA) is 120 Å². The molecule has 1 aromatic heterocycles. The summed E-state index contributed by atoms with van der Waals surface area (Å²) in [5.41, 5.74) is 3.80. The summed E-state index contributed by atoms with van der Waals surface area (Å²) >= 11 is 0. The summed E-state index contributed by atoms with van der Waals surface area (Å²) in [7, 11) is 0. The Bertz CT molecular complexity index is 1140. The highest BCUT2D eigenvalue weighted by Crippen LogP contribution is 2.26. The van der Waals surface area contributed by atoms with Crippen molar-refractivity contribution in [3.05, 3.63) is 82.8 Å². The van der Waals surface area contributed by atoms with Crippen LogP contribution in [0.1, 0.15) is 45.8 Å². The average molecular weight is 450 g/mol. The van der Waals surface area contributed by atoms with E-state index < -0.39 is 18.4 Å². The number of carbonyl (C=O) groups excluding carboxylic acids is 2. The number of fused-ring (bicyclic) bond motifs is 1. The van der Waals surface area contributed by atoms with Gasteiger partial charge in [-0.2, -0.15) is 0 Å². The van der Waals surface area contributed by atoms with E-state index in [-0.39, 0.29) is 12.5 Å². The molecule has 2 heterocycles. The van der Waals surface area contributed by atoms with Gasteiger partial charge in [0.15, 0.2) is 17.6 Å². The Balaban J connectivity index is 1.38. The van der Waals surface area contributed by atoms with E-state index in [0.29, 0.717) is 30.2 Å². The fraction of sp³-hybridized carbons (Fsp3) is 0.292. The maximum Gasteiger partial charge on any atom is 0.275 e. The zero-order chi connectivity index (χ0) is 23.5. The average Bonchev–Trinajstić information content (AvgIpc) is 3.26. The van der Waals surface area contributed by atoms with E-state index in [9.17, 15) is 19.8 Å². The molecule has 2 aromatic carbocycles. The molecule has 4 N–H and O–H groups in total. The number of hydrogen-bond donors (Lipinski definition) is 4. The van der Waals surface area contributed by atoms with Crippen molar-refractivity contribution >= 4 is 17.6 Å². The third-order valence-corrected chi connectivity index (χ3v) is 5.69. The second kappa shape index (κ2) is 9.43. The normalized spacial score (nSPS) is 16.2. The minimum Gasteiger partial charge on any atom is -0.378 e. The van der Waals surface area contributed by atoms with E-state index in [1.54, 1.807) is 27.9 Å². The van der Waals surface area contributed by atoms with Crippen molar-refractivity contribution in [1.82, 2.24) is 20.2 Å². The molecule has 2 atom stereocenters. The summed E-state index contributed by atoms with van der Waals surface area (Å²) < 4.78 is 1.74. The fourth-order valence-corrected chi connectivity index (χ4v) is 3.74. The van der Waals surface area contributed by atoms with Crippen LogP contribution >= 0.6 is 0 Å². The van der Waals surface area contributed by atoms with E-state index in [1.165, 1.54) is 0 Å². The van der Waals surface area contributed by atoms with E-state index in [2.05, 4.69) is 15.6 Å². The summed E-state index contributed by atoms with van der Waals surface area (Å²) in [5, 5.41) is 25.9. The highest BCUT2D eigenvalue weighted by Gasteiger charge is 2.33. The number of benzene rings is 2. The minimum atomic E-state index is -1.22. The first-order chi connectivity index (χ1) is 15.9. The van der Waals surface area contributed by atoms with Crippen LogP contribution in [0.5, 0.6) is 0 Å². The molecular formula is C24H27N5O4. The fourth-order valence-electron chi connectivity index (χ4n) is 3.74. The van der Waals surface area contributed by atoms with Crippen molar-refractivity contribution in [1.29, 1.82) is 0 Å². The van der Waals surface area contributed by atoms with Crippen molar-refractivity contribution < 1.29 is 19.8 Å². The van der Waals surface area contributed by atoms with E-state index in [4.69, 9.17) is 0 Å². The minimum absolute atomic E-state index is 0.273. The standard InChI is InChI=1S/C24H27N5O4/c1-3-28-14-26-21-19(28)22(31)27-24(33)29(21)13-17-8-6-16(7-9-17)12-25-23(32)20(30)18-10-4-15(2)5-11-18/h4-11,14,20,24,30,33H,3,12-13H2,1-2H3,(H,25,32)(H,27,31)/t20-,24?/m1/s1. The number of imidazole rings is 1. The predicted molar refractivity (Wildman–Crippen MR) is 122 cm³/mol. The monoisotopic (exact) mass is 449 g/mol. The predicted octanol–water partition coefficient (Wildman–Crippen LogP) is 1.59. The number of nitrogens with one attached hydrogen (secondary N) is 2. The number of amides is 2. The third-order valence-electron chi connectivity index (χ3n) is 5.69. The van der Waals surface area contributed by atoms with Crippen LogP contribution in [0.3, 0.4) is 0 Å². The molecule has 33 heavy (non-hydrogen) atoms. The van der Waals surface area contributed by atoms with Crippen molar-refractivity contribution in [3.8, 4) is 0 Å². The van der Waals surface area contributed by atoms with E-state index in [1.807, 2.05) is 50.2 Å². The lowest BCUT2D eigenvalue weighted by atomic mass is 10.1. The molecule has 0 saturated carbocycles. The number of aliphatic hydroxyl groups excluding tert-OH is 2.